The van der Waals surface area contributed by atoms with Crippen LogP contribution in [0, 0.1) is 0 Å². The van der Waals surface area contributed by atoms with Gasteiger partial charge in [-0.1, -0.05) is 18.5 Å². The van der Waals surface area contributed by atoms with Crippen LogP contribution in [0.5, 0.6) is 11.5 Å². The zero-order valence-corrected chi connectivity index (χ0v) is 12.6. The minimum Gasteiger partial charge on any atom is -0.504 e. The maximum atomic E-state index is 11.0. The molecular formula is C14H15ClN2O4. The highest BCUT2D eigenvalue weighted by molar-refractivity contribution is 6.34. The molecule has 2 aromatic rings. The highest BCUT2D eigenvalue weighted by atomic mass is 35.5. The number of hydrogen-bond donors (Lipinski definition) is 2. The molecule has 2 N–H and O–H groups in total. The van der Waals surface area contributed by atoms with Crippen molar-refractivity contribution in [3.63, 3.8) is 0 Å². The van der Waals surface area contributed by atoms with E-state index >= 15 is 0 Å². The van der Waals surface area contributed by atoms with Crippen molar-refractivity contribution >= 4 is 17.6 Å². The summed E-state index contributed by atoms with van der Waals surface area (Å²) in [5.41, 5.74) is 1.39. The summed E-state index contributed by atoms with van der Waals surface area (Å²) in [6.07, 6.45) is 0.645. The lowest BCUT2D eigenvalue weighted by molar-refractivity contribution is 0.0689. The third-order valence-electron chi connectivity index (χ3n) is 3.23. The van der Waals surface area contributed by atoms with Gasteiger partial charge in [0.15, 0.2) is 17.2 Å². The second kappa shape index (κ2) is 5.65. The number of aromatic nitrogens is 2. The summed E-state index contributed by atoms with van der Waals surface area (Å²) in [7, 11) is 3.03. The van der Waals surface area contributed by atoms with E-state index < -0.39 is 5.97 Å². The van der Waals surface area contributed by atoms with E-state index in [4.69, 9.17) is 21.4 Å². The Bertz CT molecular complexity index is 681. The number of aromatic carboxylic acids is 1. The van der Waals surface area contributed by atoms with Crippen LogP contribution in [-0.2, 0) is 13.5 Å². The molecule has 0 unspecified atom stereocenters. The van der Waals surface area contributed by atoms with Crippen LogP contribution in [0.3, 0.4) is 0 Å². The fraction of sp³-hybridized carbons (Fsp3) is 0.286. The van der Waals surface area contributed by atoms with Crippen LogP contribution >= 0.6 is 11.6 Å². The van der Waals surface area contributed by atoms with Crippen molar-refractivity contribution in [1.82, 2.24) is 9.78 Å². The highest BCUT2D eigenvalue weighted by Crippen LogP contribution is 2.44. The quantitative estimate of drug-likeness (QED) is 0.907. The van der Waals surface area contributed by atoms with Crippen molar-refractivity contribution in [2.45, 2.75) is 13.3 Å². The second-order valence-corrected chi connectivity index (χ2v) is 4.85. The lowest BCUT2D eigenvalue weighted by atomic mass is 10.0. The lowest BCUT2D eigenvalue weighted by Crippen LogP contribution is -2.00. The van der Waals surface area contributed by atoms with Crippen molar-refractivity contribution in [2.75, 3.05) is 7.11 Å². The molecule has 0 aliphatic heterocycles. The Morgan fingerprint density at radius 1 is 1.48 bits per heavy atom. The molecule has 0 atom stereocenters. The summed E-state index contributed by atoms with van der Waals surface area (Å²) in [6.45, 7) is 1.92. The Kier molecular flexibility index (Phi) is 4.09. The molecule has 112 valence electrons. The molecule has 6 nitrogen and oxygen atoms in total. The van der Waals surface area contributed by atoms with E-state index in [1.54, 1.807) is 13.1 Å². The first kappa shape index (κ1) is 15.2. The van der Waals surface area contributed by atoms with Crippen molar-refractivity contribution < 1.29 is 19.7 Å². The van der Waals surface area contributed by atoms with Gasteiger partial charge in [-0.2, -0.15) is 5.10 Å². The summed E-state index contributed by atoms with van der Waals surface area (Å²) in [5, 5.41) is 23.6. The van der Waals surface area contributed by atoms with Crippen LogP contribution < -0.4 is 4.74 Å². The van der Waals surface area contributed by atoms with E-state index in [0.717, 1.165) is 5.56 Å². The third-order valence-corrected chi connectivity index (χ3v) is 3.66. The van der Waals surface area contributed by atoms with Crippen LogP contribution in [0.1, 0.15) is 23.0 Å². The van der Waals surface area contributed by atoms with E-state index in [1.807, 2.05) is 6.92 Å². The summed E-state index contributed by atoms with van der Waals surface area (Å²) in [6, 6.07) is 3.03. The number of phenolic OH excluding ortho intramolecular Hbond substituents is 1. The van der Waals surface area contributed by atoms with Gasteiger partial charge in [0, 0.05) is 7.05 Å². The molecule has 1 heterocycles. The first-order chi connectivity index (χ1) is 9.90. The first-order valence-electron chi connectivity index (χ1n) is 6.26. The maximum absolute atomic E-state index is 11.0. The Morgan fingerprint density at radius 2 is 2.14 bits per heavy atom. The van der Waals surface area contributed by atoms with Gasteiger partial charge in [-0.3, -0.25) is 4.68 Å². The van der Waals surface area contributed by atoms with Crippen molar-refractivity contribution in [3.05, 3.63) is 28.4 Å². The smallest absolute Gasteiger partial charge is 0.356 e. The van der Waals surface area contributed by atoms with E-state index in [2.05, 4.69) is 5.10 Å². The first-order valence-corrected chi connectivity index (χ1v) is 6.64. The summed E-state index contributed by atoms with van der Waals surface area (Å²) in [5.74, 6) is -1.00. The number of rotatable bonds is 4. The Morgan fingerprint density at radius 3 is 2.62 bits per heavy atom. The molecule has 0 fully saturated rings. The van der Waals surface area contributed by atoms with Crippen molar-refractivity contribution in [1.29, 1.82) is 0 Å². The highest BCUT2D eigenvalue weighted by Gasteiger charge is 2.22. The van der Waals surface area contributed by atoms with Crippen LogP contribution in [0.4, 0.5) is 0 Å². The number of benzene rings is 1. The predicted molar refractivity (Wildman–Crippen MR) is 78.2 cm³/mol. The monoisotopic (exact) mass is 310 g/mol. The normalized spacial score (nSPS) is 10.7. The molecule has 7 heteroatoms. The largest absolute Gasteiger partial charge is 0.504 e. The molecule has 21 heavy (non-hydrogen) atoms. The van der Waals surface area contributed by atoms with Gasteiger partial charge in [0.05, 0.1) is 23.4 Å². The summed E-state index contributed by atoms with van der Waals surface area (Å²) < 4.78 is 6.51. The van der Waals surface area contributed by atoms with E-state index in [0.29, 0.717) is 22.7 Å². The molecule has 0 amide bonds. The number of carboxylic acid groups (broad SMARTS) is 1. The topological polar surface area (TPSA) is 84.6 Å². The number of hydrogen-bond acceptors (Lipinski definition) is 4. The van der Waals surface area contributed by atoms with Crippen LogP contribution in [0.25, 0.3) is 11.3 Å². The van der Waals surface area contributed by atoms with Gasteiger partial charge in [-0.25, -0.2) is 4.79 Å². The molecule has 0 saturated heterocycles. The van der Waals surface area contributed by atoms with Gasteiger partial charge < -0.3 is 14.9 Å². The average Bonchev–Trinajstić information content (AvgIpc) is 2.82. The van der Waals surface area contributed by atoms with Crippen LogP contribution in [-0.4, -0.2) is 33.1 Å². The standard InChI is InChI=1S/C14H15ClN2O4/c1-4-7-5-10(21-3)13(18)11(12(7)15)9-6-8(14(19)20)16-17(9)2/h5-6,18H,4H2,1-3H3,(H,19,20). The third kappa shape index (κ3) is 2.54. The molecule has 0 radical (unpaired) electrons. The number of phenols is 1. The fourth-order valence-electron chi connectivity index (χ4n) is 2.13. The number of halogens is 1. The van der Waals surface area contributed by atoms with Gasteiger partial charge in [0.1, 0.15) is 0 Å². The predicted octanol–water partition coefficient (Wildman–Crippen LogP) is 2.72. The zero-order chi connectivity index (χ0) is 15.7. The van der Waals surface area contributed by atoms with Gasteiger partial charge >= 0.3 is 5.97 Å². The molecular weight excluding hydrogens is 296 g/mol. The van der Waals surface area contributed by atoms with Crippen LogP contribution in [0.15, 0.2) is 12.1 Å². The summed E-state index contributed by atoms with van der Waals surface area (Å²) in [4.78, 5) is 11.0. The van der Waals surface area contributed by atoms with Crippen molar-refractivity contribution in [3.8, 4) is 22.8 Å². The number of aromatic hydroxyl groups is 1. The zero-order valence-electron chi connectivity index (χ0n) is 11.8. The van der Waals surface area contributed by atoms with Gasteiger partial charge in [-0.15, -0.1) is 0 Å². The Balaban J connectivity index is 2.76. The van der Waals surface area contributed by atoms with Crippen LogP contribution in [0.2, 0.25) is 5.02 Å². The summed E-state index contributed by atoms with van der Waals surface area (Å²) >= 11 is 6.33. The molecule has 0 spiro atoms. The van der Waals surface area contributed by atoms with E-state index in [1.165, 1.54) is 17.9 Å². The number of nitrogens with zero attached hydrogens (tertiary/aromatic N) is 2. The molecule has 1 aromatic heterocycles. The van der Waals surface area contributed by atoms with Gasteiger partial charge in [-0.05, 0) is 24.1 Å². The lowest BCUT2D eigenvalue weighted by Gasteiger charge is -2.14. The molecule has 0 saturated carbocycles. The fourth-order valence-corrected chi connectivity index (χ4v) is 2.50. The second-order valence-electron chi connectivity index (χ2n) is 4.47. The van der Waals surface area contributed by atoms with E-state index in [-0.39, 0.29) is 17.2 Å². The number of carboxylic acids is 1. The number of carbonyl (C=O) groups is 1. The van der Waals surface area contributed by atoms with Crippen molar-refractivity contribution in [2.24, 2.45) is 7.05 Å². The minimum absolute atomic E-state index is 0.121. The maximum Gasteiger partial charge on any atom is 0.356 e. The number of methoxy groups -OCH3 is 1. The molecule has 0 aliphatic carbocycles. The minimum atomic E-state index is -1.15. The SMILES string of the molecule is CCc1cc(OC)c(O)c(-c2cc(C(=O)O)nn2C)c1Cl. The average molecular weight is 311 g/mol. The van der Waals surface area contributed by atoms with Gasteiger partial charge in [0.2, 0.25) is 0 Å². The number of aryl methyl sites for hydroxylation is 2. The van der Waals surface area contributed by atoms with Gasteiger partial charge in [0.25, 0.3) is 0 Å². The molecule has 0 bridgehead atoms. The molecule has 1 aromatic carbocycles. The Hall–Kier alpha value is -2.21. The number of ether oxygens (including phenoxy) is 1. The molecule has 2 rings (SSSR count). The van der Waals surface area contributed by atoms with E-state index in [9.17, 15) is 9.90 Å². The Labute approximate surface area is 126 Å². The molecule has 0 aliphatic rings.